The van der Waals surface area contributed by atoms with E-state index >= 15 is 0 Å². The average molecular weight is 248 g/mol. The standard InChI is InChI=1S/C15H24N2O/c1-15(2,8-9-16)17(3)13-6-7-14-12(11-13)5-4-10-18-14/h6-7,11H,4-5,8-10,16H2,1-3H3. The molecule has 1 aliphatic rings. The molecular formula is C15H24N2O. The Morgan fingerprint density at radius 2 is 2.17 bits per heavy atom. The van der Waals surface area contributed by atoms with Crippen molar-refractivity contribution in [2.45, 2.75) is 38.6 Å². The molecule has 1 heterocycles. The van der Waals surface area contributed by atoms with Gasteiger partial charge < -0.3 is 15.4 Å². The summed E-state index contributed by atoms with van der Waals surface area (Å²) >= 11 is 0. The Balaban J connectivity index is 2.23. The van der Waals surface area contributed by atoms with Gasteiger partial charge >= 0.3 is 0 Å². The summed E-state index contributed by atoms with van der Waals surface area (Å²) in [7, 11) is 2.14. The molecule has 0 atom stereocenters. The smallest absolute Gasteiger partial charge is 0.122 e. The molecule has 0 saturated carbocycles. The summed E-state index contributed by atoms with van der Waals surface area (Å²) in [6.07, 6.45) is 3.22. The fourth-order valence-corrected chi connectivity index (χ4v) is 2.43. The van der Waals surface area contributed by atoms with Gasteiger partial charge in [-0.2, -0.15) is 0 Å². The highest BCUT2D eigenvalue weighted by atomic mass is 16.5. The van der Waals surface area contributed by atoms with Gasteiger partial charge in [0.15, 0.2) is 0 Å². The van der Waals surface area contributed by atoms with Crippen LogP contribution < -0.4 is 15.4 Å². The van der Waals surface area contributed by atoms with Crippen molar-refractivity contribution in [1.29, 1.82) is 0 Å². The summed E-state index contributed by atoms with van der Waals surface area (Å²) in [5, 5.41) is 0. The van der Waals surface area contributed by atoms with Crippen molar-refractivity contribution in [2.75, 3.05) is 25.1 Å². The third-order valence-corrected chi connectivity index (χ3v) is 3.94. The van der Waals surface area contributed by atoms with Gasteiger partial charge in [-0.15, -0.1) is 0 Å². The molecule has 3 nitrogen and oxygen atoms in total. The number of hydrogen-bond donors (Lipinski definition) is 1. The SMILES string of the molecule is CN(c1ccc2c(c1)CCCO2)C(C)(C)CCN. The zero-order chi connectivity index (χ0) is 13.2. The summed E-state index contributed by atoms with van der Waals surface area (Å²) in [4.78, 5) is 2.31. The monoisotopic (exact) mass is 248 g/mol. The van der Waals surface area contributed by atoms with E-state index in [1.807, 2.05) is 0 Å². The van der Waals surface area contributed by atoms with Crippen molar-refractivity contribution in [3.05, 3.63) is 23.8 Å². The maximum atomic E-state index is 5.69. The lowest BCUT2D eigenvalue weighted by Crippen LogP contribution is -2.42. The van der Waals surface area contributed by atoms with Crippen LogP contribution in [0.2, 0.25) is 0 Å². The number of nitrogens with zero attached hydrogens (tertiary/aromatic N) is 1. The second kappa shape index (κ2) is 5.19. The Morgan fingerprint density at radius 1 is 1.39 bits per heavy atom. The van der Waals surface area contributed by atoms with Crippen molar-refractivity contribution < 1.29 is 4.74 Å². The summed E-state index contributed by atoms with van der Waals surface area (Å²) in [5.41, 5.74) is 8.35. The summed E-state index contributed by atoms with van der Waals surface area (Å²) in [5.74, 6) is 1.05. The molecule has 100 valence electrons. The Bertz CT molecular complexity index is 415. The molecule has 3 heteroatoms. The minimum atomic E-state index is 0.0819. The third-order valence-electron chi connectivity index (χ3n) is 3.94. The molecular weight excluding hydrogens is 224 g/mol. The van der Waals surface area contributed by atoms with E-state index in [0.29, 0.717) is 6.54 Å². The first kappa shape index (κ1) is 13.2. The molecule has 2 rings (SSSR count). The van der Waals surface area contributed by atoms with Crippen LogP contribution in [0.5, 0.6) is 5.75 Å². The van der Waals surface area contributed by atoms with E-state index in [2.05, 4.69) is 44.0 Å². The van der Waals surface area contributed by atoms with Crippen LogP contribution in [-0.2, 0) is 6.42 Å². The first-order valence-corrected chi connectivity index (χ1v) is 6.74. The molecule has 0 amide bonds. The molecule has 0 aromatic heterocycles. The molecule has 0 fully saturated rings. The number of fused-ring (bicyclic) bond motifs is 1. The number of nitrogens with two attached hydrogens (primary N) is 1. The summed E-state index contributed by atoms with van der Waals surface area (Å²) in [6, 6.07) is 6.49. The maximum absolute atomic E-state index is 5.69. The molecule has 18 heavy (non-hydrogen) atoms. The van der Waals surface area contributed by atoms with Gasteiger partial charge in [-0.1, -0.05) is 0 Å². The predicted molar refractivity (Wildman–Crippen MR) is 76.4 cm³/mol. The number of benzene rings is 1. The number of rotatable bonds is 4. The van der Waals surface area contributed by atoms with Gasteiger partial charge in [-0.05, 0) is 63.4 Å². The van der Waals surface area contributed by atoms with Crippen LogP contribution in [0.4, 0.5) is 5.69 Å². The van der Waals surface area contributed by atoms with Crippen molar-refractivity contribution >= 4 is 5.69 Å². The van der Waals surface area contributed by atoms with Crippen LogP contribution in [0.1, 0.15) is 32.3 Å². The van der Waals surface area contributed by atoms with E-state index in [0.717, 1.165) is 31.6 Å². The zero-order valence-corrected chi connectivity index (χ0v) is 11.7. The lowest BCUT2D eigenvalue weighted by atomic mass is 9.97. The maximum Gasteiger partial charge on any atom is 0.122 e. The lowest BCUT2D eigenvalue weighted by Gasteiger charge is -2.38. The van der Waals surface area contributed by atoms with Crippen molar-refractivity contribution in [1.82, 2.24) is 0 Å². The highest BCUT2D eigenvalue weighted by Gasteiger charge is 2.23. The van der Waals surface area contributed by atoms with Crippen molar-refractivity contribution in [2.24, 2.45) is 5.73 Å². The minimum absolute atomic E-state index is 0.0819. The van der Waals surface area contributed by atoms with E-state index < -0.39 is 0 Å². The molecule has 0 radical (unpaired) electrons. The quantitative estimate of drug-likeness (QED) is 0.890. The van der Waals surface area contributed by atoms with Gasteiger partial charge in [0.05, 0.1) is 6.61 Å². The fraction of sp³-hybridized carbons (Fsp3) is 0.600. The van der Waals surface area contributed by atoms with Gasteiger partial charge in [0.25, 0.3) is 0 Å². The summed E-state index contributed by atoms with van der Waals surface area (Å²) < 4.78 is 5.65. The highest BCUT2D eigenvalue weighted by Crippen LogP contribution is 2.31. The number of anilines is 1. The molecule has 0 spiro atoms. The molecule has 1 aromatic rings. The van der Waals surface area contributed by atoms with Crippen LogP contribution in [-0.4, -0.2) is 25.7 Å². The molecule has 0 aliphatic carbocycles. The molecule has 0 saturated heterocycles. The molecule has 1 aliphatic heterocycles. The van der Waals surface area contributed by atoms with Crippen molar-refractivity contribution in [3.8, 4) is 5.75 Å². The van der Waals surface area contributed by atoms with Crippen LogP contribution in [0.25, 0.3) is 0 Å². The normalized spacial score (nSPS) is 14.9. The van der Waals surface area contributed by atoms with E-state index in [1.165, 1.54) is 11.3 Å². The Morgan fingerprint density at radius 3 is 2.89 bits per heavy atom. The van der Waals surface area contributed by atoms with Crippen LogP contribution in [0.15, 0.2) is 18.2 Å². The summed E-state index contributed by atoms with van der Waals surface area (Å²) in [6.45, 7) is 6.03. The lowest BCUT2D eigenvalue weighted by molar-refractivity contribution is 0.288. The molecule has 1 aromatic carbocycles. The second-order valence-electron chi connectivity index (χ2n) is 5.65. The van der Waals surface area contributed by atoms with Gasteiger partial charge in [0, 0.05) is 18.3 Å². The Labute approximate surface area is 110 Å². The Hall–Kier alpha value is -1.22. The second-order valence-corrected chi connectivity index (χ2v) is 5.65. The van der Waals surface area contributed by atoms with Gasteiger partial charge in [-0.3, -0.25) is 0 Å². The minimum Gasteiger partial charge on any atom is -0.493 e. The number of hydrogen-bond acceptors (Lipinski definition) is 3. The van der Waals surface area contributed by atoms with Crippen LogP contribution in [0, 0.1) is 0 Å². The van der Waals surface area contributed by atoms with E-state index in [4.69, 9.17) is 10.5 Å². The highest BCUT2D eigenvalue weighted by molar-refractivity contribution is 5.54. The third kappa shape index (κ3) is 2.61. The van der Waals surface area contributed by atoms with Crippen LogP contribution >= 0.6 is 0 Å². The Kier molecular flexibility index (Phi) is 3.81. The van der Waals surface area contributed by atoms with Gasteiger partial charge in [-0.25, -0.2) is 0 Å². The average Bonchev–Trinajstić information content (AvgIpc) is 2.37. The van der Waals surface area contributed by atoms with Crippen LogP contribution in [0.3, 0.4) is 0 Å². The number of aryl methyl sites for hydroxylation is 1. The fourth-order valence-electron chi connectivity index (χ4n) is 2.43. The molecule has 2 N–H and O–H groups in total. The zero-order valence-electron chi connectivity index (χ0n) is 11.7. The number of ether oxygens (including phenoxy) is 1. The van der Waals surface area contributed by atoms with E-state index in [9.17, 15) is 0 Å². The van der Waals surface area contributed by atoms with Crippen molar-refractivity contribution in [3.63, 3.8) is 0 Å². The molecule has 0 bridgehead atoms. The topological polar surface area (TPSA) is 38.5 Å². The largest absolute Gasteiger partial charge is 0.493 e. The first-order chi connectivity index (χ1) is 8.54. The van der Waals surface area contributed by atoms with E-state index in [-0.39, 0.29) is 5.54 Å². The first-order valence-electron chi connectivity index (χ1n) is 6.74. The van der Waals surface area contributed by atoms with Gasteiger partial charge in [0.1, 0.15) is 5.75 Å². The molecule has 0 unspecified atom stereocenters. The van der Waals surface area contributed by atoms with E-state index in [1.54, 1.807) is 0 Å². The van der Waals surface area contributed by atoms with Gasteiger partial charge in [0.2, 0.25) is 0 Å². The predicted octanol–water partition coefficient (Wildman–Crippen LogP) is 2.58.